The highest BCUT2D eigenvalue weighted by Crippen LogP contribution is 2.47. The van der Waals surface area contributed by atoms with Gasteiger partial charge in [0.1, 0.15) is 12.4 Å². The Bertz CT molecular complexity index is 605. The maximum absolute atomic E-state index is 9.35. The maximum Gasteiger partial charge on any atom is 0.119 e. The molecule has 2 nitrogen and oxygen atoms in total. The van der Waals surface area contributed by atoms with Crippen LogP contribution in [0.15, 0.2) is 48.3 Å². The predicted molar refractivity (Wildman–Crippen MR) is 104 cm³/mol. The lowest BCUT2D eigenvalue weighted by Crippen LogP contribution is -2.28. The number of hydrogen-bond acceptors (Lipinski definition) is 2. The zero-order valence-electron chi connectivity index (χ0n) is 15.6. The third-order valence-electron chi connectivity index (χ3n) is 6.04. The maximum atomic E-state index is 9.35. The molecule has 1 aromatic rings. The van der Waals surface area contributed by atoms with Crippen LogP contribution in [0.25, 0.3) is 0 Å². The topological polar surface area (TPSA) is 29.5 Å². The number of aliphatic hydroxyl groups is 1. The summed E-state index contributed by atoms with van der Waals surface area (Å²) in [6.45, 7) is 6.41. The van der Waals surface area contributed by atoms with Crippen LogP contribution in [0.2, 0.25) is 0 Å². The molecule has 0 aliphatic heterocycles. The van der Waals surface area contributed by atoms with Gasteiger partial charge in [-0.25, -0.2) is 0 Å². The molecule has 1 atom stereocenters. The van der Waals surface area contributed by atoms with Crippen molar-refractivity contribution in [2.24, 2.45) is 5.41 Å². The van der Waals surface area contributed by atoms with Crippen LogP contribution in [-0.2, 0) is 0 Å². The Morgan fingerprint density at radius 2 is 1.88 bits per heavy atom. The molecule has 1 saturated carbocycles. The fraction of sp³-hybridized carbons (Fsp3) is 0.565. The largest absolute Gasteiger partial charge is 0.513 e. The molecule has 2 aliphatic carbocycles. The van der Waals surface area contributed by atoms with Crippen molar-refractivity contribution < 1.29 is 9.84 Å². The average molecular weight is 341 g/mol. The normalized spacial score (nSPS) is 20.8. The van der Waals surface area contributed by atoms with Gasteiger partial charge in [0.05, 0.1) is 5.76 Å². The third kappa shape index (κ3) is 4.90. The van der Waals surface area contributed by atoms with Gasteiger partial charge in [0, 0.05) is 6.42 Å². The van der Waals surface area contributed by atoms with Crippen LogP contribution in [0.1, 0.15) is 76.2 Å². The van der Waals surface area contributed by atoms with Crippen LogP contribution >= 0.6 is 0 Å². The van der Waals surface area contributed by atoms with Gasteiger partial charge in [-0.05, 0) is 66.7 Å². The van der Waals surface area contributed by atoms with E-state index in [9.17, 15) is 5.11 Å². The molecule has 0 amide bonds. The van der Waals surface area contributed by atoms with Crippen molar-refractivity contribution in [2.75, 3.05) is 6.61 Å². The summed E-state index contributed by atoms with van der Waals surface area (Å²) in [5.74, 6) is 1.45. The number of aliphatic hydroxyl groups excluding tert-OH is 1. The highest BCUT2D eigenvalue weighted by atomic mass is 16.5. The van der Waals surface area contributed by atoms with Crippen molar-refractivity contribution in [3.8, 4) is 5.75 Å². The van der Waals surface area contributed by atoms with Crippen molar-refractivity contribution in [2.45, 2.75) is 70.6 Å². The van der Waals surface area contributed by atoms with Crippen LogP contribution in [0.3, 0.4) is 0 Å². The second kappa shape index (κ2) is 8.12. The van der Waals surface area contributed by atoms with E-state index in [1.807, 2.05) is 12.1 Å². The Labute approximate surface area is 152 Å². The van der Waals surface area contributed by atoms with E-state index >= 15 is 0 Å². The lowest BCUT2D eigenvalue weighted by atomic mass is 9.65. The first-order valence-corrected chi connectivity index (χ1v) is 9.84. The lowest BCUT2D eigenvalue weighted by molar-refractivity contribution is 0.158. The van der Waals surface area contributed by atoms with Gasteiger partial charge in [0.25, 0.3) is 0 Å². The van der Waals surface area contributed by atoms with Crippen molar-refractivity contribution in [3.63, 3.8) is 0 Å². The molecule has 0 saturated heterocycles. The Morgan fingerprint density at radius 1 is 1.16 bits per heavy atom. The Kier molecular flexibility index (Phi) is 5.88. The number of hydrogen-bond donors (Lipinski definition) is 1. The SMILES string of the molecule is C=C(O)CC(C)c1ccc(OCC2=CCCC3(CCCCC3)C2)cc1. The Morgan fingerprint density at radius 3 is 2.56 bits per heavy atom. The first-order chi connectivity index (χ1) is 12.1. The zero-order valence-corrected chi connectivity index (χ0v) is 15.6. The van der Waals surface area contributed by atoms with Crippen LogP contribution in [0, 0.1) is 5.41 Å². The molecule has 0 radical (unpaired) electrons. The summed E-state index contributed by atoms with van der Waals surface area (Å²) in [4.78, 5) is 0. The molecule has 1 spiro atoms. The molecule has 3 rings (SSSR count). The number of ether oxygens (including phenoxy) is 1. The molecule has 0 heterocycles. The quantitative estimate of drug-likeness (QED) is 0.461. The molecular formula is C23H32O2. The second-order valence-electron chi connectivity index (χ2n) is 8.17. The van der Waals surface area contributed by atoms with E-state index in [0.29, 0.717) is 11.8 Å². The molecule has 136 valence electrons. The Balaban J connectivity index is 1.53. The number of benzene rings is 1. The molecule has 1 fully saturated rings. The van der Waals surface area contributed by atoms with E-state index < -0.39 is 0 Å². The summed E-state index contributed by atoms with van der Waals surface area (Å²) in [6.07, 6.45) is 13.9. The summed E-state index contributed by atoms with van der Waals surface area (Å²) < 4.78 is 6.06. The van der Waals surface area contributed by atoms with Crippen molar-refractivity contribution in [1.29, 1.82) is 0 Å². The van der Waals surface area contributed by atoms with Gasteiger partial charge >= 0.3 is 0 Å². The van der Waals surface area contributed by atoms with Crippen molar-refractivity contribution in [3.05, 3.63) is 53.8 Å². The highest BCUT2D eigenvalue weighted by Gasteiger charge is 2.34. The first kappa shape index (κ1) is 18.1. The molecule has 1 N–H and O–H groups in total. The van der Waals surface area contributed by atoms with Gasteiger partial charge in [-0.1, -0.05) is 51.0 Å². The molecule has 2 aliphatic rings. The van der Waals surface area contributed by atoms with Crippen molar-refractivity contribution in [1.82, 2.24) is 0 Å². The van der Waals surface area contributed by atoms with Crippen molar-refractivity contribution >= 4 is 0 Å². The average Bonchev–Trinajstić information content (AvgIpc) is 2.61. The van der Waals surface area contributed by atoms with E-state index in [1.165, 1.54) is 62.5 Å². The Hall–Kier alpha value is -1.70. The summed E-state index contributed by atoms with van der Waals surface area (Å²) >= 11 is 0. The van der Waals surface area contributed by atoms with E-state index in [1.54, 1.807) is 0 Å². The zero-order chi connectivity index (χ0) is 17.7. The highest BCUT2D eigenvalue weighted by molar-refractivity contribution is 5.30. The van der Waals surface area contributed by atoms with Gasteiger partial charge < -0.3 is 9.84 Å². The second-order valence-corrected chi connectivity index (χ2v) is 8.17. The molecule has 1 aromatic carbocycles. The molecule has 2 heteroatoms. The van der Waals surface area contributed by atoms with Crippen LogP contribution in [0.5, 0.6) is 5.75 Å². The standard InChI is InChI=1S/C23H32O2/c1-18(15-19(2)24)21-8-10-22(11-9-21)25-17-20-7-6-14-23(16-20)12-4-3-5-13-23/h7-11,18,24H,2-6,12-17H2,1H3. The molecule has 0 aromatic heterocycles. The van der Waals surface area contributed by atoms with Gasteiger partial charge in [-0.15, -0.1) is 0 Å². The molecule has 25 heavy (non-hydrogen) atoms. The van der Waals surface area contributed by atoms with E-state index in [-0.39, 0.29) is 11.7 Å². The van der Waals surface area contributed by atoms with E-state index in [4.69, 9.17) is 4.74 Å². The summed E-state index contributed by atoms with van der Waals surface area (Å²) in [7, 11) is 0. The van der Waals surface area contributed by atoms with E-state index in [0.717, 1.165) is 12.4 Å². The molecule has 0 bridgehead atoms. The minimum atomic E-state index is 0.244. The van der Waals surface area contributed by atoms with Gasteiger partial charge in [-0.3, -0.25) is 0 Å². The number of rotatable bonds is 6. The van der Waals surface area contributed by atoms with E-state index in [2.05, 4.69) is 31.7 Å². The van der Waals surface area contributed by atoms with Crippen LogP contribution in [0.4, 0.5) is 0 Å². The summed E-state index contributed by atoms with van der Waals surface area (Å²) in [5.41, 5.74) is 3.28. The minimum absolute atomic E-state index is 0.244. The fourth-order valence-electron chi connectivity index (χ4n) is 4.60. The minimum Gasteiger partial charge on any atom is -0.513 e. The molecular weight excluding hydrogens is 308 g/mol. The molecule has 1 unspecified atom stereocenters. The fourth-order valence-corrected chi connectivity index (χ4v) is 4.60. The number of allylic oxidation sites excluding steroid dienone is 2. The third-order valence-corrected chi connectivity index (χ3v) is 6.04. The first-order valence-electron chi connectivity index (χ1n) is 9.84. The van der Waals surface area contributed by atoms with Gasteiger partial charge in [-0.2, -0.15) is 0 Å². The smallest absolute Gasteiger partial charge is 0.119 e. The van der Waals surface area contributed by atoms with Gasteiger partial charge in [0.2, 0.25) is 0 Å². The predicted octanol–water partition coefficient (Wildman–Crippen LogP) is 6.69. The van der Waals surface area contributed by atoms with Gasteiger partial charge in [0.15, 0.2) is 0 Å². The lowest BCUT2D eigenvalue weighted by Gasteiger charge is -2.40. The summed E-state index contributed by atoms with van der Waals surface area (Å²) in [5, 5.41) is 9.35. The monoisotopic (exact) mass is 340 g/mol. The van der Waals surface area contributed by atoms with Crippen LogP contribution in [-0.4, -0.2) is 11.7 Å². The summed E-state index contributed by atoms with van der Waals surface area (Å²) in [6, 6.07) is 8.29. The van der Waals surface area contributed by atoms with Crippen LogP contribution < -0.4 is 4.74 Å².